The summed E-state index contributed by atoms with van der Waals surface area (Å²) < 4.78 is 10.7. The van der Waals surface area contributed by atoms with Crippen LogP contribution in [-0.4, -0.2) is 66.4 Å². The fourth-order valence-electron chi connectivity index (χ4n) is 2.39. The summed E-state index contributed by atoms with van der Waals surface area (Å²) in [5.41, 5.74) is 0. The summed E-state index contributed by atoms with van der Waals surface area (Å²) in [5, 5.41) is 7.62. The second kappa shape index (κ2) is 8.73. The molecule has 0 aromatic carbocycles. The van der Waals surface area contributed by atoms with Crippen LogP contribution in [0.2, 0.25) is 0 Å². The maximum atomic E-state index is 5.43. The van der Waals surface area contributed by atoms with Gasteiger partial charge in [0.2, 0.25) is 5.89 Å². The van der Waals surface area contributed by atoms with Gasteiger partial charge in [0, 0.05) is 37.6 Å². The van der Waals surface area contributed by atoms with E-state index in [9.17, 15) is 0 Å². The van der Waals surface area contributed by atoms with Crippen LogP contribution in [0.15, 0.2) is 4.52 Å². The van der Waals surface area contributed by atoms with Crippen LogP contribution in [-0.2, 0) is 11.2 Å². The van der Waals surface area contributed by atoms with Crippen molar-refractivity contribution in [3.8, 4) is 0 Å². The molecular formula is C14H26N4O2S. The van der Waals surface area contributed by atoms with Gasteiger partial charge in [-0.1, -0.05) is 12.1 Å². The van der Waals surface area contributed by atoms with Crippen molar-refractivity contribution in [1.82, 2.24) is 20.4 Å². The Balaban J connectivity index is 1.94. The summed E-state index contributed by atoms with van der Waals surface area (Å²) >= 11 is 1.95. The zero-order valence-corrected chi connectivity index (χ0v) is 14.0. The summed E-state index contributed by atoms with van der Waals surface area (Å²) in [7, 11) is 3.84. The summed E-state index contributed by atoms with van der Waals surface area (Å²) in [6.07, 6.45) is 1.81. The van der Waals surface area contributed by atoms with Gasteiger partial charge in [-0.05, 0) is 20.0 Å². The van der Waals surface area contributed by atoms with E-state index in [1.54, 1.807) is 7.11 Å². The van der Waals surface area contributed by atoms with Gasteiger partial charge in [-0.3, -0.25) is 4.90 Å². The highest BCUT2D eigenvalue weighted by Gasteiger charge is 2.26. The molecule has 1 saturated heterocycles. The molecule has 1 aromatic rings. The van der Waals surface area contributed by atoms with E-state index in [-0.39, 0.29) is 12.1 Å². The van der Waals surface area contributed by atoms with Crippen molar-refractivity contribution in [1.29, 1.82) is 0 Å². The van der Waals surface area contributed by atoms with Crippen LogP contribution in [0.5, 0.6) is 0 Å². The Morgan fingerprint density at radius 2 is 2.43 bits per heavy atom. The van der Waals surface area contributed by atoms with E-state index < -0.39 is 0 Å². The number of nitrogens with one attached hydrogen (secondary N) is 1. The predicted octanol–water partition coefficient (Wildman–Crippen LogP) is 1.35. The number of rotatable bonds is 8. The standard InChI is InChI=1S/C14H26N4O2S/c1-4-5-15-11(9-19-3)8-13-16-14(17-20-13)12-10-21-7-6-18(12)2/h11-12,15H,4-10H2,1-3H3. The number of hydrogen-bond acceptors (Lipinski definition) is 7. The topological polar surface area (TPSA) is 63.4 Å². The summed E-state index contributed by atoms with van der Waals surface area (Å²) in [6, 6.07) is 0.493. The Bertz CT molecular complexity index is 415. The molecule has 1 fully saturated rings. The van der Waals surface area contributed by atoms with E-state index in [1.165, 1.54) is 5.75 Å². The van der Waals surface area contributed by atoms with Crippen molar-refractivity contribution in [3.63, 3.8) is 0 Å². The number of thioether (sulfide) groups is 1. The third-order valence-electron chi connectivity index (χ3n) is 3.65. The molecule has 1 N–H and O–H groups in total. The predicted molar refractivity (Wildman–Crippen MR) is 84.7 cm³/mol. The monoisotopic (exact) mass is 314 g/mol. The molecule has 6 nitrogen and oxygen atoms in total. The molecule has 0 amide bonds. The molecule has 0 bridgehead atoms. The Morgan fingerprint density at radius 1 is 1.57 bits per heavy atom. The minimum atomic E-state index is 0.224. The van der Waals surface area contributed by atoms with Gasteiger partial charge in [0.15, 0.2) is 5.82 Å². The molecule has 2 rings (SSSR count). The first-order chi connectivity index (χ1) is 10.2. The van der Waals surface area contributed by atoms with Crippen molar-refractivity contribution in [2.45, 2.75) is 31.8 Å². The smallest absolute Gasteiger partial charge is 0.228 e. The quantitative estimate of drug-likeness (QED) is 0.777. The van der Waals surface area contributed by atoms with E-state index in [2.05, 4.69) is 34.3 Å². The minimum absolute atomic E-state index is 0.224. The minimum Gasteiger partial charge on any atom is -0.383 e. The van der Waals surface area contributed by atoms with Crippen LogP contribution in [0.1, 0.15) is 31.1 Å². The largest absolute Gasteiger partial charge is 0.383 e. The van der Waals surface area contributed by atoms with Crippen LogP contribution in [0.4, 0.5) is 0 Å². The van der Waals surface area contributed by atoms with Crippen LogP contribution >= 0.6 is 11.8 Å². The van der Waals surface area contributed by atoms with Crippen molar-refractivity contribution in [2.75, 3.05) is 45.4 Å². The average Bonchev–Trinajstić information content (AvgIpc) is 2.94. The van der Waals surface area contributed by atoms with Crippen LogP contribution in [0.3, 0.4) is 0 Å². The van der Waals surface area contributed by atoms with E-state index in [0.29, 0.717) is 18.9 Å². The maximum absolute atomic E-state index is 5.43. The molecule has 0 spiro atoms. The third-order valence-corrected chi connectivity index (χ3v) is 4.67. The van der Waals surface area contributed by atoms with Crippen LogP contribution < -0.4 is 5.32 Å². The van der Waals surface area contributed by atoms with Gasteiger partial charge in [0.1, 0.15) is 0 Å². The molecule has 1 aliphatic heterocycles. The first-order valence-electron chi connectivity index (χ1n) is 7.57. The molecule has 2 unspecified atom stereocenters. The lowest BCUT2D eigenvalue weighted by Gasteiger charge is -2.29. The first-order valence-corrected chi connectivity index (χ1v) is 8.72. The Morgan fingerprint density at radius 3 is 3.14 bits per heavy atom. The lowest BCUT2D eigenvalue weighted by Crippen LogP contribution is -2.36. The molecule has 7 heteroatoms. The molecule has 1 aliphatic rings. The number of ether oxygens (including phenoxy) is 1. The van der Waals surface area contributed by atoms with Gasteiger partial charge < -0.3 is 14.6 Å². The Hall–Kier alpha value is -0.630. The third kappa shape index (κ3) is 4.95. The summed E-state index contributed by atoms with van der Waals surface area (Å²) in [4.78, 5) is 6.88. The maximum Gasteiger partial charge on any atom is 0.228 e. The molecule has 0 aliphatic carbocycles. The highest BCUT2D eigenvalue weighted by Crippen LogP contribution is 2.26. The first kappa shape index (κ1) is 16.7. The van der Waals surface area contributed by atoms with Gasteiger partial charge in [-0.15, -0.1) is 0 Å². The number of hydrogen-bond donors (Lipinski definition) is 1. The van der Waals surface area contributed by atoms with Gasteiger partial charge in [-0.2, -0.15) is 16.7 Å². The SMILES string of the molecule is CCCNC(COC)Cc1nc(C2CSCCN2C)no1. The van der Waals surface area contributed by atoms with Crippen LogP contribution in [0.25, 0.3) is 0 Å². The molecule has 0 saturated carbocycles. The number of methoxy groups -OCH3 is 1. The second-order valence-corrected chi connectivity index (χ2v) is 6.58. The van der Waals surface area contributed by atoms with E-state index >= 15 is 0 Å². The molecule has 2 heterocycles. The van der Waals surface area contributed by atoms with Crippen molar-refractivity contribution in [3.05, 3.63) is 11.7 Å². The van der Waals surface area contributed by atoms with E-state index in [0.717, 1.165) is 31.1 Å². The lowest BCUT2D eigenvalue weighted by atomic mass is 10.2. The Labute approximate surface area is 131 Å². The molecule has 2 atom stereocenters. The number of aromatic nitrogens is 2. The zero-order valence-electron chi connectivity index (χ0n) is 13.2. The van der Waals surface area contributed by atoms with Crippen molar-refractivity contribution in [2.24, 2.45) is 0 Å². The fraction of sp³-hybridized carbons (Fsp3) is 0.857. The normalized spacial score (nSPS) is 21.6. The molecule has 21 heavy (non-hydrogen) atoms. The van der Waals surface area contributed by atoms with Gasteiger partial charge in [-0.25, -0.2) is 0 Å². The fourth-order valence-corrected chi connectivity index (χ4v) is 3.61. The average molecular weight is 314 g/mol. The zero-order chi connectivity index (χ0) is 15.1. The number of nitrogens with zero attached hydrogens (tertiary/aromatic N) is 3. The summed E-state index contributed by atoms with van der Waals surface area (Å²) in [5.74, 6) is 3.71. The molecule has 0 radical (unpaired) electrons. The highest BCUT2D eigenvalue weighted by atomic mass is 32.2. The lowest BCUT2D eigenvalue weighted by molar-refractivity contribution is 0.161. The van der Waals surface area contributed by atoms with Gasteiger partial charge in [0.05, 0.1) is 12.6 Å². The molecule has 1 aromatic heterocycles. The highest BCUT2D eigenvalue weighted by molar-refractivity contribution is 7.99. The van der Waals surface area contributed by atoms with E-state index in [4.69, 9.17) is 9.26 Å². The molecule has 120 valence electrons. The Kier molecular flexibility index (Phi) is 6.95. The van der Waals surface area contributed by atoms with Crippen molar-refractivity contribution >= 4 is 11.8 Å². The van der Waals surface area contributed by atoms with Gasteiger partial charge in [0.25, 0.3) is 0 Å². The second-order valence-electron chi connectivity index (χ2n) is 5.43. The molecular weight excluding hydrogens is 288 g/mol. The van der Waals surface area contributed by atoms with Crippen molar-refractivity contribution < 1.29 is 9.26 Å². The van der Waals surface area contributed by atoms with Crippen LogP contribution in [0, 0.1) is 0 Å². The van der Waals surface area contributed by atoms with Gasteiger partial charge >= 0.3 is 0 Å². The van der Waals surface area contributed by atoms with E-state index in [1.807, 2.05) is 11.8 Å². The summed E-state index contributed by atoms with van der Waals surface area (Å²) in [6.45, 7) is 4.84.